The van der Waals surface area contributed by atoms with Crippen LogP contribution in [0.2, 0.25) is 0 Å². The number of ether oxygens (including phenoxy) is 9. The average Bonchev–Trinajstić information content (AvgIpc) is 3.17. The molecule has 0 aliphatic carbocycles. The second-order valence-corrected chi connectivity index (χ2v) is 13.9. The molecule has 0 amide bonds. The van der Waals surface area contributed by atoms with E-state index in [1.54, 1.807) is 0 Å². The smallest absolute Gasteiger partial charge is 0.187 e. The van der Waals surface area contributed by atoms with Gasteiger partial charge in [0, 0.05) is 0 Å². The van der Waals surface area contributed by atoms with Gasteiger partial charge in [-0.15, -0.1) is 0 Å². The van der Waals surface area contributed by atoms with Gasteiger partial charge in [-0.1, -0.05) is 0 Å². The van der Waals surface area contributed by atoms with Crippen LogP contribution in [0.1, 0.15) is 6.92 Å². The van der Waals surface area contributed by atoms with Crippen LogP contribution in [0.4, 0.5) is 0 Å². The van der Waals surface area contributed by atoms with Crippen LogP contribution in [0.5, 0.6) is 0 Å². The van der Waals surface area contributed by atoms with E-state index in [2.05, 4.69) is 0 Å². The molecule has 0 spiro atoms. The number of rotatable bonds is 12. The molecule has 5 saturated heterocycles. The molecule has 25 heteroatoms. The molecule has 16 N–H and O–H groups in total. The third-order valence-corrected chi connectivity index (χ3v) is 10.3. The second kappa shape index (κ2) is 18.9. The van der Waals surface area contributed by atoms with E-state index in [-0.39, 0.29) is 0 Å². The Morgan fingerprint density at radius 3 is 1.27 bits per heavy atom. The maximum absolute atomic E-state index is 11.4. The van der Waals surface area contributed by atoms with Crippen LogP contribution in [-0.2, 0) is 42.6 Å². The fourth-order valence-corrected chi connectivity index (χ4v) is 6.94. The lowest BCUT2D eigenvalue weighted by atomic mass is 9.95. The van der Waals surface area contributed by atoms with Crippen LogP contribution < -0.4 is 0 Å². The molecule has 25 nitrogen and oxygen atoms in total. The van der Waals surface area contributed by atoms with Gasteiger partial charge in [-0.3, -0.25) is 0 Å². The van der Waals surface area contributed by atoms with Crippen LogP contribution in [0.3, 0.4) is 0 Å². The summed E-state index contributed by atoms with van der Waals surface area (Å²) in [5.74, 6) is 0. The predicted octanol–water partition coefficient (Wildman–Crippen LogP) is -10.9. The van der Waals surface area contributed by atoms with Gasteiger partial charge in [0.1, 0.15) is 116 Å². The molecule has 5 heterocycles. The summed E-state index contributed by atoms with van der Waals surface area (Å²) in [7, 11) is 0. The van der Waals surface area contributed by atoms with Gasteiger partial charge >= 0.3 is 0 Å². The minimum absolute atomic E-state index is 0.905. The van der Waals surface area contributed by atoms with Crippen LogP contribution in [-0.4, -0.2) is 262 Å². The predicted molar refractivity (Wildman–Crippen MR) is 165 cm³/mol. The molecule has 0 saturated carbocycles. The molecule has 5 rings (SSSR count). The molecule has 55 heavy (non-hydrogen) atoms. The number of aliphatic hydroxyl groups is 16. The number of hydrogen-bond acceptors (Lipinski definition) is 25. The zero-order valence-corrected chi connectivity index (χ0v) is 29.1. The van der Waals surface area contributed by atoms with E-state index in [1.165, 1.54) is 6.92 Å². The van der Waals surface area contributed by atoms with Crippen molar-refractivity contribution in [3.8, 4) is 0 Å². The highest BCUT2D eigenvalue weighted by Crippen LogP contribution is 2.37. The van der Waals surface area contributed by atoms with Gasteiger partial charge in [0.2, 0.25) is 0 Å². The molecule has 0 unspecified atom stereocenters. The number of hydrogen-bond donors (Lipinski definition) is 16. The van der Waals surface area contributed by atoms with E-state index in [4.69, 9.17) is 42.6 Å². The van der Waals surface area contributed by atoms with E-state index in [0.717, 1.165) is 0 Å². The first-order chi connectivity index (χ1) is 26.0. The standard InChI is InChI=1S/C30H52O25/c1-6-11(35)14(38)19(43)27(47-6)52-23-10(5-34)51-29(21(45)17(23)41)54-24-13(37)8(3-32)50-30(53-22-9(4-33)48-26(46)18(42)16(22)40)25(24)55-28-20(44)15(39)12(36)7(2-31)49-28/h6-46H,2-5H2,1H3/t6-,7+,8+,9+,10+,11-,12+,13+,14+,15-,16+,17+,18+,19+,20+,21+,22-,23+,24-,25+,26+,27-,28-,29-,30-/m0/s1. The van der Waals surface area contributed by atoms with Crippen molar-refractivity contribution < 1.29 is 124 Å². The number of aliphatic hydroxyl groups excluding tert-OH is 16. The summed E-state index contributed by atoms with van der Waals surface area (Å²) in [5.41, 5.74) is 0. The van der Waals surface area contributed by atoms with E-state index in [0.29, 0.717) is 0 Å². The highest BCUT2D eigenvalue weighted by Gasteiger charge is 2.57. The molecule has 0 aromatic heterocycles. The lowest BCUT2D eigenvalue weighted by molar-refractivity contribution is -0.408. The minimum Gasteiger partial charge on any atom is -0.394 e. The van der Waals surface area contributed by atoms with Gasteiger partial charge in [0.05, 0.1) is 32.5 Å². The first-order valence-corrected chi connectivity index (χ1v) is 17.5. The molecule has 0 aromatic carbocycles. The fraction of sp³-hybridized carbons (Fsp3) is 1.00. The van der Waals surface area contributed by atoms with Crippen molar-refractivity contribution in [2.24, 2.45) is 0 Å². The molecule has 0 radical (unpaired) electrons. The Bertz CT molecular complexity index is 1190. The van der Waals surface area contributed by atoms with Gasteiger partial charge < -0.3 is 124 Å². The molecule has 5 fully saturated rings. The van der Waals surface area contributed by atoms with E-state index in [9.17, 15) is 81.7 Å². The van der Waals surface area contributed by atoms with E-state index < -0.39 is 180 Å². The van der Waals surface area contributed by atoms with Crippen LogP contribution >= 0.6 is 0 Å². The Hall–Kier alpha value is -1.00. The third kappa shape index (κ3) is 9.11. The summed E-state index contributed by atoms with van der Waals surface area (Å²) in [6.07, 6.45) is -46.1. The maximum Gasteiger partial charge on any atom is 0.187 e. The van der Waals surface area contributed by atoms with E-state index in [1.807, 2.05) is 0 Å². The lowest BCUT2D eigenvalue weighted by Gasteiger charge is -2.51. The Balaban J connectivity index is 1.44. The third-order valence-electron chi connectivity index (χ3n) is 10.3. The Morgan fingerprint density at radius 1 is 0.327 bits per heavy atom. The van der Waals surface area contributed by atoms with Gasteiger partial charge in [-0.25, -0.2) is 0 Å². The lowest BCUT2D eigenvalue weighted by Crippen LogP contribution is -2.69. The molecule has 25 atom stereocenters. The molecule has 5 aliphatic rings. The van der Waals surface area contributed by atoms with Crippen molar-refractivity contribution in [1.82, 2.24) is 0 Å². The fourth-order valence-electron chi connectivity index (χ4n) is 6.94. The largest absolute Gasteiger partial charge is 0.394 e. The van der Waals surface area contributed by atoms with Crippen LogP contribution in [0.15, 0.2) is 0 Å². The van der Waals surface area contributed by atoms with Gasteiger partial charge in [-0.05, 0) is 6.92 Å². The molecule has 0 aromatic rings. The van der Waals surface area contributed by atoms with Crippen molar-refractivity contribution in [2.75, 3.05) is 26.4 Å². The Labute approximate surface area is 311 Å². The molecular formula is C30H52O25. The molecule has 322 valence electrons. The van der Waals surface area contributed by atoms with Gasteiger partial charge in [0.25, 0.3) is 0 Å². The average molecular weight is 813 g/mol. The first-order valence-electron chi connectivity index (χ1n) is 17.5. The molecule has 0 bridgehead atoms. The van der Waals surface area contributed by atoms with Gasteiger partial charge in [-0.2, -0.15) is 0 Å². The highest BCUT2D eigenvalue weighted by atomic mass is 16.8. The van der Waals surface area contributed by atoms with Crippen molar-refractivity contribution in [1.29, 1.82) is 0 Å². The zero-order chi connectivity index (χ0) is 40.6. The summed E-state index contributed by atoms with van der Waals surface area (Å²) in [5, 5.41) is 167. The minimum atomic E-state index is -2.15. The SMILES string of the molecule is C[C@@H]1O[C@@H](O[C@H]2[C@H](O)[C@@H](O)[C@H](O[C@H]3[C@H](O)[C@@H](CO)O[C@@H](O[C@@H]4[C@H](O)[C@@H](O)[C@H](O)O[C@@H]4CO)[C@@H]3O[C@@H]3O[C@H](CO)[C@@H](O)[C@H](O)[C@H]3O)O[C@@H]2CO)[C@H](O)[C@H](O)[C@H]1O. The quantitative estimate of drug-likeness (QED) is 0.0870. The monoisotopic (exact) mass is 812 g/mol. The van der Waals surface area contributed by atoms with Crippen LogP contribution in [0, 0.1) is 0 Å². The zero-order valence-electron chi connectivity index (χ0n) is 29.1. The molecule has 5 aliphatic heterocycles. The summed E-state index contributed by atoms with van der Waals surface area (Å²) >= 11 is 0. The summed E-state index contributed by atoms with van der Waals surface area (Å²) in [4.78, 5) is 0. The summed E-state index contributed by atoms with van der Waals surface area (Å²) in [6, 6.07) is 0. The summed E-state index contributed by atoms with van der Waals surface area (Å²) in [6.45, 7) is -2.42. The summed E-state index contributed by atoms with van der Waals surface area (Å²) < 4.78 is 50.5. The van der Waals surface area contributed by atoms with Crippen LogP contribution in [0.25, 0.3) is 0 Å². The molecular weight excluding hydrogens is 760 g/mol. The van der Waals surface area contributed by atoms with Crippen molar-refractivity contribution >= 4 is 0 Å². The highest BCUT2D eigenvalue weighted by molar-refractivity contribution is 4.99. The van der Waals surface area contributed by atoms with Gasteiger partial charge in [0.15, 0.2) is 31.5 Å². The maximum atomic E-state index is 11.4. The second-order valence-electron chi connectivity index (χ2n) is 13.9. The van der Waals surface area contributed by atoms with Crippen molar-refractivity contribution in [3.05, 3.63) is 0 Å². The Kier molecular flexibility index (Phi) is 15.5. The van der Waals surface area contributed by atoms with Crippen molar-refractivity contribution in [2.45, 2.75) is 160 Å². The van der Waals surface area contributed by atoms with Crippen molar-refractivity contribution in [3.63, 3.8) is 0 Å². The van der Waals surface area contributed by atoms with E-state index >= 15 is 0 Å². The topological polar surface area (TPSA) is 407 Å². The first kappa shape index (κ1) is 45.1. The normalized spacial score (nSPS) is 53.9. The Morgan fingerprint density at radius 2 is 0.709 bits per heavy atom.